The fourth-order valence-electron chi connectivity index (χ4n) is 3.28. The Kier molecular flexibility index (Phi) is 4.59. The van der Waals surface area contributed by atoms with Crippen molar-refractivity contribution in [1.29, 1.82) is 0 Å². The van der Waals surface area contributed by atoms with E-state index in [1.807, 2.05) is 17.8 Å². The zero-order valence-corrected chi connectivity index (χ0v) is 15.4. The molecule has 0 radical (unpaired) electrons. The summed E-state index contributed by atoms with van der Waals surface area (Å²) in [5.41, 5.74) is 5.17. The number of rotatable bonds is 3. The summed E-state index contributed by atoms with van der Waals surface area (Å²) in [6.07, 6.45) is 1.84. The van der Waals surface area contributed by atoms with Gasteiger partial charge in [-0.3, -0.25) is 4.21 Å². The van der Waals surface area contributed by atoms with Crippen LogP contribution in [-0.4, -0.2) is 38.6 Å². The van der Waals surface area contributed by atoms with Crippen LogP contribution in [0.25, 0.3) is 16.8 Å². The third-order valence-corrected chi connectivity index (χ3v) is 6.08. The lowest BCUT2D eigenvalue weighted by molar-refractivity contribution is 0.627. The molecule has 1 fully saturated rings. The fraction of sp³-hybridized carbons (Fsp3) is 0.250. The topological polar surface area (TPSA) is 38.1 Å². The number of aromatic nitrogens is 2. The minimum atomic E-state index is -0.665. The molecule has 134 valence electrons. The third kappa shape index (κ3) is 3.29. The van der Waals surface area contributed by atoms with Crippen molar-refractivity contribution < 1.29 is 8.60 Å². The number of anilines is 1. The van der Waals surface area contributed by atoms with Crippen LogP contribution in [-0.2, 0) is 10.8 Å². The number of hydrogen-bond donors (Lipinski definition) is 0. The zero-order valence-electron chi connectivity index (χ0n) is 14.6. The second-order valence-electron chi connectivity index (χ2n) is 6.41. The first kappa shape index (κ1) is 17.0. The number of nitrogens with zero attached hydrogens (tertiary/aromatic N) is 3. The van der Waals surface area contributed by atoms with Crippen molar-refractivity contribution in [2.45, 2.75) is 6.92 Å². The molecule has 0 aliphatic carbocycles. The van der Waals surface area contributed by atoms with E-state index < -0.39 is 10.8 Å². The van der Waals surface area contributed by atoms with E-state index >= 15 is 0 Å². The van der Waals surface area contributed by atoms with Crippen molar-refractivity contribution in [3.63, 3.8) is 0 Å². The molecule has 6 heteroatoms. The Bertz CT molecular complexity index is 925. The van der Waals surface area contributed by atoms with Crippen molar-refractivity contribution in [1.82, 2.24) is 9.78 Å². The lowest BCUT2D eigenvalue weighted by atomic mass is 10.1. The predicted octanol–water partition coefficient (Wildman–Crippen LogP) is 3.56. The van der Waals surface area contributed by atoms with Gasteiger partial charge in [-0.1, -0.05) is 12.1 Å². The molecule has 4 nitrogen and oxygen atoms in total. The smallest absolute Gasteiger partial charge is 0.123 e. The molecule has 1 saturated heterocycles. The molecule has 4 rings (SSSR count). The van der Waals surface area contributed by atoms with E-state index in [2.05, 4.69) is 34.3 Å². The average Bonchev–Trinajstić information content (AvgIpc) is 3.05. The molecule has 2 heterocycles. The van der Waals surface area contributed by atoms with Crippen LogP contribution in [0.3, 0.4) is 0 Å². The van der Waals surface area contributed by atoms with Gasteiger partial charge in [-0.25, -0.2) is 9.07 Å². The maximum Gasteiger partial charge on any atom is 0.123 e. The molecule has 3 aromatic rings. The molecule has 0 amide bonds. The fourth-order valence-corrected chi connectivity index (χ4v) is 4.34. The monoisotopic (exact) mass is 369 g/mol. The Morgan fingerprint density at radius 3 is 2.23 bits per heavy atom. The Morgan fingerprint density at radius 1 is 0.962 bits per heavy atom. The summed E-state index contributed by atoms with van der Waals surface area (Å²) < 4.78 is 26.5. The van der Waals surface area contributed by atoms with Crippen LogP contribution in [0.1, 0.15) is 5.69 Å². The number of benzene rings is 2. The number of hydrogen-bond acceptors (Lipinski definition) is 3. The van der Waals surface area contributed by atoms with E-state index in [1.165, 1.54) is 12.1 Å². The van der Waals surface area contributed by atoms with Gasteiger partial charge in [0.25, 0.3) is 0 Å². The van der Waals surface area contributed by atoms with Crippen LogP contribution in [0.4, 0.5) is 10.1 Å². The second-order valence-corrected chi connectivity index (χ2v) is 8.11. The Morgan fingerprint density at radius 2 is 1.58 bits per heavy atom. The highest BCUT2D eigenvalue weighted by Gasteiger charge is 2.16. The quantitative estimate of drug-likeness (QED) is 0.709. The third-order valence-electron chi connectivity index (χ3n) is 4.80. The van der Waals surface area contributed by atoms with Crippen LogP contribution in [0.15, 0.2) is 54.7 Å². The van der Waals surface area contributed by atoms with Crippen LogP contribution in [0, 0.1) is 12.7 Å². The number of halogens is 1. The summed E-state index contributed by atoms with van der Waals surface area (Å²) in [4.78, 5) is 2.28. The minimum absolute atomic E-state index is 0.254. The van der Waals surface area contributed by atoms with E-state index in [0.29, 0.717) is 0 Å². The summed E-state index contributed by atoms with van der Waals surface area (Å²) in [7, 11) is -0.665. The van der Waals surface area contributed by atoms with Gasteiger partial charge in [-0.15, -0.1) is 0 Å². The van der Waals surface area contributed by atoms with Crippen molar-refractivity contribution >= 4 is 16.5 Å². The molecule has 0 N–H and O–H groups in total. The van der Waals surface area contributed by atoms with E-state index in [0.717, 1.165) is 52.8 Å². The molecule has 1 aliphatic heterocycles. The van der Waals surface area contributed by atoms with Crippen molar-refractivity contribution in [3.8, 4) is 16.8 Å². The summed E-state index contributed by atoms with van der Waals surface area (Å²) >= 11 is 0. The molecule has 0 spiro atoms. The van der Waals surface area contributed by atoms with Gasteiger partial charge < -0.3 is 4.90 Å². The minimum Gasteiger partial charge on any atom is -0.370 e. The highest BCUT2D eigenvalue weighted by atomic mass is 32.2. The second kappa shape index (κ2) is 7.03. The maximum atomic E-state index is 13.1. The van der Waals surface area contributed by atoms with Crippen molar-refractivity contribution in [2.24, 2.45) is 0 Å². The largest absolute Gasteiger partial charge is 0.370 e. The highest BCUT2D eigenvalue weighted by Crippen LogP contribution is 2.27. The molecule has 0 unspecified atom stereocenters. The van der Waals surface area contributed by atoms with Gasteiger partial charge in [-0.05, 0) is 48.9 Å². The Hall–Kier alpha value is -2.47. The summed E-state index contributed by atoms with van der Waals surface area (Å²) in [6.45, 7) is 3.69. The van der Waals surface area contributed by atoms with Crippen molar-refractivity contribution in [2.75, 3.05) is 29.5 Å². The SMILES string of the molecule is Cc1c(-c2ccc(N3CCS(=O)CC3)cc2)cnn1-c1ccc(F)cc1. The van der Waals surface area contributed by atoms with Crippen LogP contribution < -0.4 is 4.90 Å². The summed E-state index contributed by atoms with van der Waals surface area (Å²) in [5, 5.41) is 4.46. The van der Waals surface area contributed by atoms with Gasteiger partial charge in [-0.2, -0.15) is 5.10 Å². The van der Waals surface area contributed by atoms with Crippen molar-refractivity contribution in [3.05, 3.63) is 66.2 Å². The van der Waals surface area contributed by atoms with Gasteiger partial charge in [0.15, 0.2) is 0 Å². The standard InChI is InChI=1S/C20H20FN3OS/c1-15-20(14-22-24(15)19-8-4-17(21)5-9-19)16-2-6-18(7-3-16)23-10-12-26(25)13-11-23/h2-9,14H,10-13H2,1H3. The van der Waals surface area contributed by atoms with Gasteiger partial charge >= 0.3 is 0 Å². The van der Waals surface area contributed by atoms with Gasteiger partial charge in [0.05, 0.1) is 11.9 Å². The van der Waals surface area contributed by atoms with E-state index in [1.54, 1.807) is 12.1 Å². The normalized spacial score (nSPS) is 15.4. The van der Waals surface area contributed by atoms with Gasteiger partial charge in [0, 0.05) is 52.3 Å². The van der Waals surface area contributed by atoms with E-state index in [4.69, 9.17) is 0 Å². The molecule has 0 atom stereocenters. The van der Waals surface area contributed by atoms with Gasteiger partial charge in [0.1, 0.15) is 5.82 Å². The molecule has 0 bridgehead atoms. The van der Waals surface area contributed by atoms with Crippen LogP contribution in [0.2, 0.25) is 0 Å². The summed E-state index contributed by atoms with van der Waals surface area (Å²) in [5.74, 6) is 1.23. The van der Waals surface area contributed by atoms with Crippen LogP contribution >= 0.6 is 0 Å². The summed E-state index contributed by atoms with van der Waals surface area (Å²) in [6, 6.07) is 14.7. The Labute approximate surface area is 154 Å². The first-order valence-electron chi connectivity index (χ1n) is 8.63. The Balaban J connectivity index is 1.58. The highest BCUT2D eigenvalue weighted by molar-refractivity contribution is 7.85. The first-order chi connectivity index (χ1) is 12.6. The molecule has 1 aliphatic rings. The predicted molar refractivity (Wildman–Crippen MR) is 104 cm³/mol. The lowest BCUT2D eigenvalue weighted by Crippen LogP contribution is -2.37. The average molecular weight is 369 g/mol. The molecular weight excluding hydrogens is 349 g/mol. The molecule has 26 heavy (non-hydrogen) atoms. The van der Waals surface area contributed by atoms with Gasteiger partial charge in [0.2, 0.25) is 0 Å². The maximum absolute atomic E-state index is 13.1. The van der Waals surface area contributed by atoms with E-state index in [-0.39, 0.29) is 5.82 Å². The molecule has 2 aromatic carbocycles. The molecule has 0 saturated carbocycles. The molecule has 1 aromatic heterocycles. The van der Waals surface area contributed by atoms with E-state index in [9.17, 15) is 8.60 Å². The lowest BCUT2D eigenvalue weighted by Gasteiger charge is -2.28. The molecular formula is C20H20FN3OS. The van der Waals surface area contributed by atoms with Crippen LogP contribution in [0.5, 0.6) is 0 Å². The zero-order chi connectivity index (χ0) is 18.1. The first-order valence-corrected chi connectivity index (χ1v) is 10.1.